The molecular weight excluding hydrogens is 416 g/mol. The Hall–Kier alpha value is -2.95. The lowest BCUT2D eigenvalue weighted by Crippen LogP contribution is -2.10. The molecule has 0 heterocycles. The molecule has 0 aliphatic rings. The van der Waals surface area contributed by atoms with Gasteiger partial charge >= 0.3 is 11.9 Å². The third-order valence-corrected chi connectivity index (χ3v) is 5.77. The third-order valence-electron chi connectivity index (χ3n) is 5.77. The molecule has 0 unspecified atom stereocenters. The van der Waals surface area contributed by atoms with E-state index in [1.165, 1.54) is 31.4 Å². The number of aryl methyl sites for hydroxylation is 1. The van der Waals surface area contributed by atoms with Crippen LogP contribution in [0.15, 0.2) is 42.5 Å². The normalized spacial score (nSPS) is 10.7. The summed E-state index contributed by atoms with van der Waals surface area (Å²) in [7, 11) is 0. The summed E-state index contributed by atoms with van der Waals surface area (Å²) in [5.41, 5.74) is 1.86. The van der Waals surface area contributed by atoms with E-state index in [0.29, 0.717) is 35.3 Å². The summed E-state index contributed by atoms with van der Waals surface area (Å²) in [5, 5.41) is 9.49. The average Bonchev–Trinajstić information content (AvgIpc) is 2.81. The number of carbonyl (C=O) groups is 3. The molecule has 0 atom stereocenters. The molecule has 0 aliphatic heterocycles. The molecule has 0 spiro atoms. The Balaban J connectivity index is 2.00. The molecule has 2 aromatic carbocycles. The van der Waals surface area contributed by atoms with Crippen LogP contribution in [0.4, 0.5) is 0 Å². The highest BCUT2D eigenvalue weighted by Crippen LogP contribution is 2.22. The van der Waals surface area contributed by atoms with Gasteiger partial charge in [-0.05, 0) is 55.2 Å². The van der Waals surface area contributed by atoms with E-state index in [4.69, 9.17) is 4.74 Å². The lowest BCUT2D eigenvalue weighted by atomic mass is 10.00. The van der Waals surface area contributed by atoms with Gasteiger partial charge in [-0.1, -0.05) is 70.9 Å². The second-order valence-corrected chi connectivity index (χ2v) is 8.49. The fraction of sp³-hybridized carbons (Fsp3) is 0.464. The Labute approximate surface area is 197 Å². The number of unbranched alkanes of at least 4 members (excludes halogenated alkanes) is 7. The van der Waals surface area contributed by atoms with Crippen LogP contribution in [0.2, 0.25) is 0 Å². The number of carboxylic acids is 1. The van der Waals surface area contributed by atoms with Crippen LogP contribution in [-0.2, 0) is 6.42 Å². The summed E-state index contributed by atoms with van der Waals surface area (Å²) in [5.74, 6) is -1.11. The van der Waals surface area contributed by atoms with Crippen molar-refractivity contribution in [3.05, 3.63) is 64.7 Å². The molecule has 0 saturated heterocycles. The van der Waals surface area contributed by atoms with Crippen molar-refractivity contribution in [2.45, 2.75) is 84.5 Å². The number of aromatic carboxylic acids is 1. The van der Waals surface area contributed by atoms with Crippen LogP contribution < -0.4 is 4.74 Å². The standard InChI is InChI=1S/C28H36O5/c1-3-5-7-8-9-11-12-23-20-24(18-19-25(23)27(30)31)33-28(32)22-16-14-21(15-17-22)26(29)13-10-6-4-2/h14-20H,3-13H2,1-2H3,(H,30,31). The molecule has 2 rings (SSSR count). The Kier molecular flexibility index (Phi) is 11.4. The predicted octanol–water partition coefficient (Wildman–Crippen LogP) is 7.27. The summed E-state index contributed by atoms with van der Waals surface area (Å²) < 4.78 is 5.50. The number of carboxylic acid groups (broad SMARTS) is 1. The monoisotopic (exact) mass is 452 g/mol. The maximum Gasteiger partial charge on any atom is 0.343 e. The Morgan fingerprint density at radius 2 is 1.36 bits per heavy atom. The molecule has 0 bridgehead atoms. The van der Waals surface area contributed by atoms with Crippen LogP contribution in [0.5, 0.6) is 5.75 Å². The minimum atomic E-state index is -0.979. The maximum absolute atomic E-state index is 12.6. The topological polar surface area (TPSA) is 80.7 Å². The quantitative estimate of drug-likeness (QED) is 0.133. The number of carbonyl (C=O) groups excluding carboxylic acids is 2. The number of ether oxygens (including phenoxy) is 1. The van der Waals surface area contributed by atoms with Crippen molar-refractivity contribution in [1.29, 1.82) is 0 Å². The second kappa shape index (κ2) is 14.2. The molecule has 0 fully saturated rings. The van der Waals surface area contributed by atoms with Crippen molar-refractivity contribution in [3.63, 3.8) is 0 Å². The van der Waals surface area contributed by atoms with Gasteiger partial charge in [-0.3, -0.25) is 4.79 Å². The number of Topliss-reactive ketones (excluding diaryl/α,β-unsaturated/α-hetero) is 1. The van der Waals surface area contributed by atoms with Crippen molar-refractivity contribution in [2.75, 3.05) is 0 Å². The molecule has 2 aromatic rings. The Morgan fingerprint density at radius 1 is 0.758 bits per heavy atom. The molecule has 178 valence electrons. The second-order valence-electron chi connectivity index (χ2n) is 8.49. The van der Waals surface area contributed by atoms with Gasteiger partial charge in [0.1, 0.15) is 5.75 Å². The van der Waals surface area contributed by atoms with E-state index in [9.17, 15) is 19.5 Å². The highest BCUT2D eigenvalue weighted by Gasteiger charge is 2.15. The van der Waals surface area contributed by atoms with E-state index >= 15 is 0 Å². The highest BCUT2D eigenvalue weighted by molar-refractivity contribution is 5.98. The zero-order chi connectivity index (χ0) is 24.1. The van der Waals surface area contributed by atoms with Crippen molar-refractivity contribution in [3.8, 4) is 5.75 Å². The van der Waals surface area contributed by atoms with Crippen LogP contribution in [-0.4, -0.2) is 22.8 Å². The number of esters is 1. The summed E-state index contributed by atoms with van der Waals surface area (Å²) in [4.78, 5) is 36.4. The van der Waals surface area contributed by atoms with Crippen LogP contribution in [0.25, 0.3) is 0 Å². The SMILES string of the molecule is CCCCCCCCc1cc(OC(=O)c2ccc(C(=O)CCCCC)cc2)ccc1C(=O)O. The lowest BCUT2D eigenvalue weighted by molar-refractivity contribution is 0.0695. The fourth-order valence-corrected chi connectivity index (χ4v) is 3.78. The van der Waals surface area contributed by atoms with Crippen molar-refractivity contribution in [2.24, 2.45) is 0 Å². The van der Waals surface area contributed by atoms with Gasteiger partial charge in [0.05, 0.1) is 11.1 Å². The molecule has 5 nitrogen and oxygen atoms in total. The molecule has 0 radical (unpaired) electrons. The molecular formula is C28H36O5. The number of benzene rings is 2. The van der Waals surface area contributed by atoms with E-state index < -0.39 is 11.9 Å². The minimum absolute atomic E-state index is 0.0759. The summed E-state index contributed by atoms with van der Waals surface area (Å²) in [6.45, 7) is 4.27. The van der Waals surface area contributed by atoms with Crippen LogP contribution in [0, 0.1) is 0 Å². The molecule has 1 N–H and O–H groups in total. The maximum atomic E-state index is 12.6. The largest absolute Gasteiger partial charge is 0.478 e. The molecule has 0 amide bonds. The molecule has 0 aliphatic carbocycles. The van der Waals surface area contributed by atoms with E-state index in [-0.39, 0.29) is 11.3 Å². The van der Waals surface area contributed by atoms with E-state index in [0.717, 1.165) is 38.5 Å². The van der Waals surface area contributed by atoms with Gasteiger partial charge in [-0.15, -0.1) is 0 Å². The smallest absolute Gasteiger partial charge is 0.343 e. The number of ketones is 1. The third kappa shape index (κ3) is 8.83. The van der Waals surface area contributed by atoms with E-state index in [1.54, 1.807) is 30.3 Å². The number of rotatable bonds is 15. The zero-order valence-corrected chi connectivity index (χ0v) is 19.9. The lowest BCUT2D eigenvalue weighted by Gasteiger charge is -2.10. The Morgan fingerprint density at radius 3 is 2.03 bits per heavy atom. The van der Waals surface area contributed by atoms with Crippen molar-refractivity contribution in [1.82, 2.24) is 0 Å². The fourth-order valence-electron chi connectivity index (χ4n) is 3.78. The van der Waals surface area contributed by atoms with Gasteiger partial charge in [0.15, 0.2) is 5.78 Å². The molecule has 0 aromatic heterocycles. The molecule has 5 heteroatoms. The van der Waals surface area contributed by atoms with Gasteiger partial charge in [0, 0.05) is 12.0 Å². The number of hydrogen-bond acceptors (Lipinski definition) is 4. The van der Waals surface area contributed by atoms with Gasteiger partial charge in [0.25, 0.3) is 0 Å². The first-order valence-electron chi connectivity index (χ1n) is 12.2. The van der Waals surface area contributed by atoms with Gasteiger partial charge in [-0.25, -0.2) is 9.59 Å². The predicted molar refractivity (Wildman–Crippen MR) is 130 cm³/mol. The van der Waals surface area contributed by atoms with Crippen LogP contribution >= 0.6 is 0 Å². The number of hydrogen-bond donors (Lipinski definition) is 1. The highest BCUT2D eigenvalue weighted by atomic mass is 16.5. The van der Waals surface area contributed by atoms with E-state index in [2.05, 4.69) is 13.8 Å². The first-order chi connectivity index (χ1) is 16.0. The first-order valence-corrected chi connectivity index (χ1v) is 12.2. The van der Waals surface area contributed by atoms with E-state index in [1.807, 2.05) is 0 Å². The van der Waals surface area contributed by atoms with Gasteiger partial charge in [0.2, 0.25) is 0 Å². The van der Waals surface area contributed by atoms with Gasteiger partial charge < -0.3 is 9.84 Å². The Bertz CT molecular complexity index is 914. The summed E-state index contributed by atoms with van der Waals surface area (Å²) in [6.07, 6.45) is 10.8. The summed E-state index contributed by atoms with van der Waals surface area (Å²) >= 11 is 0. The molecule has 33 heavy (non-hydrogen) atoms. The summed E-state index contributed by atoms with van der Waals surface area (Å²) in [6, 6.07) is 11.2. The van der Waals surface area contributed by atoms with Crippen LogP contribution in [0.1, 0.15) is 115 Å². The van der Waals surface area contributed by atoms with Gasteiger partial charge in [-0.2, -0.15) is 0 Å². The van der Waals surface area contributed by atoms with Crippen molar-refractivity contribution >= 4 is 17.7 Å². The molecule has 0 saturated carbocycles. The van der Waals surface area contributed by atoms with Crippen molar-refractivity contribution < 1.29 is 24.2 Å². The minimum Gasteiger partial charge on any atom is -0.478 e. The first kappa shape index (κ1) is 26.3. The average molecular weight is 453 g/mol. The zero-order valence-electron chi connectivity index (χ0n) is 19.9. The van der Waals surface area contributed by atoms with Crippen LogP contribution in [0.3, 0.4) is 0 Å².